The van der Waals surface area contributed by atoms with Gasteiger partial charge in [0.1, 0.15) is 5.75 Å². The molecule has 0 aliphatic rings. The number of hydrogen-bond acceptors (Lipinski definition) is 2. The molecule has 170 valence electrons. The van der Waals surface area contributed by atoms with Gasteiger partial charge in [-0.25, -0.2) is 0 Å². The number of para-hydroxylation sites is 2. The highest BCUT2D eigenvalue weighted by Gasteiger charge is 2.07. The number of nitrogens with zero attached hydrogens (tertiary/aromatic N) is 1. The van der Waals surface area contributed by atoms with Crippen LogP contribution in [0.4, 0.5) is 0 Å². The van der Waals surface area contributed by atoms with Crippen LogP contribution in [0.1, 0.15) is 42.5 Å². The van der Waals surface area contributed by atoms with Crippen LogP contribution < -0.4 is 4.74 Å². The molecule has 5 rings (SSSR count). The zero-order valence-electron chi connectivity index (χ0n) is 19.4. The van der Waals surface area contributed by atoms with Gasteiger partial charge in [-0.15, -0.1) is 0 Å². The number of benzene rings is 3. The van der Waals surface area contributed by atoms with Gasteiger partial charge in [0, 0.05) is 28.0 Å². The lowest BCUT2D eigenvalue weighted by molar-refractivity contribution is 0.304. The average Bonchev–Trinajstić information content (AvgIpc) is 3.28. The van der Waals surface area contributed by atoms with E-state index in [0.29, 0.717) is 0 Å². The Bertz CT molecular complexity index is 1370. The zero-order chi connectivity index (χ0) is 23.0. The Balaban J connectivity index is 1.03. The maximum absolute atomic E-state index is 5.94. The topological polar surface area (TPSA) is 37.9 Å². The highest BCUT2D eigenvalue weighted by Crippen LogP contribution is 2.28. The highest BCUT2D eigenvalue weighted by atomic mass is 16.5. The van der Waals surface area contributed by atoms with Crippen LogP contribution in [0.2, 0.25) is 0 Å². The van der Waals surface area contributed by atoms with Gasteiger partial charge in [-0.3, -0.25) is 4.98 Å². The van der Waals surface area contributed by atoms with E-state index in [1.165, 1.54) is 46.6 Å². The molecular weight excluding hydrogens is 416 g/mol. The predicted molar refractivity (Wildman–Crippen MR) is 143 cm³/mol. The minimum Gasteiger partial charge on any atom is -0.494 e. The second-order valence-corrected chi connectivity index (χ2v) is 8.68. The average molecular weight is 447 g/mol. The van der Waals surface area contributed by atoms with Crippen molar-refractivity contribution in [3.8, 4) is 5.75 Å². The number of rotatable bonds is 10. The van der Waals surface area contributed by atoms with Crippen LogP contribution in [0.15, 0.2) is 91.1 Å². The fourth-order valence-corrected chi connectivity index (χ4v) is 4.43. The van der Waals surface area contributed by atoms with E-state index in [1.54, 1.807) is 6.20 Å². The molecule has 2 aromatic heterocycles. The summed E-state index contributed by atoms with van der Waals surface area (Å²) < 4.78 is 5.94. The maximum Gasteiger partial charge on any atom is 0.119 e. The monoisotopic (exact) mass is 446 g/mol. The van der Waals surface area contributed by atoms with Crippen molar-refractivity contribution in [1.82, 2.24) is 9.97 Å². The lowest BCUT2D eigenvalue weighted by Crippen LogP contribution is -1.97. The Morgan fingerprint density at radius 3 is 2.41 bits per heavy atom. The van der Waals surface area contributed by atoms with Gasteiger partial charge in [0.05, 0.1) is 12.3 Å². The summed E-state index contributed by atoms with van der Waals surface area (Å²) >= 11 is 0. The fourth-order valence-electron chi connectivity index (χ4n) is 4.43. The summed E-state index contributed by atoms with van der Waals surface area (Å²) in [5.41, 5.74) is 6.04. The number of ether oxygens (including phenoxy) is 1. The van der Waals surface area contributed by atoms with Crippen LogP contribution in [0.25, 0.3) is 34.0 Å². The molecule has 3 nitrogen and oxygen atoms in total. The van der Waals surface area contributed by atoms with Crippen LogP contribution in [-0.4, -0.2) is 16.6 Å². The molecule has 0 atom stereocenters. The van der Waals surface area contributed by atoms with Gasteiger partial charge in [-0.1, -0.05) is 73.5 Å². The Morgan fingerprint density at radius 1 is 0.706 bits per heavy atom. The molecule has 0 unspecified atom stereocenters. The number of aryl methyl sites for hydroxylation is 1. The van der Waals surface area contributed by atoms with E-state index < -0.39 is 0 Å². The molecule has 0 spiro atoms. The van der Waals surface area contributed by atoms with Crippen molar-refractivity contribution in [1.29, 1.82) is 0 Å². The molecule has 3 heteroatoms. The van der Waals surface area contributed by atoms with Gasteiger partial charge in [0.2, 0.25) is 0 Å². The second kappa shape index (κ2) is 10.8. The summed E-state index contributed by atoms with van der Waals surface area (Å²) in [5.74, 6) is 0.931. The first kappa shape index (κ1) is 22.0. The molecule has 0 saturated carbocycles. The molecular formula is C31H30N2O. The van der Waals surface area contributed by atoms with Crippen molar-refractivity contribution in [2.45, 2.75) is 32.1 Å². The molecule has 34 heavy (non-hydrogen) atoms. The van der Waals surface area contributed by atoms with Crippen LogP contribution in [0.3, 0.4) is 0 Å². The largest absolute Gasteiger partial charge is 0.494 e. The van der Waals surface area contributed by atoms with E-state index in [9.17, 15) is 0 Å². The second-order valence-electron chi connectivity index (χ2n) is 8.68. The van der Waals surface area contributed by atoms with Gasteiger partial charge in [-0.2, -0.15) is 0 Å². The number of fused-ring (bicyclic) bond motifs is 3. The van der Waals surface area contributed by atoms with E-state index in [4.69, 9.17) is 4.74 Å². The first-order chi connectivity index (χ1) is 16.9. The van der Waals surface area contributed by atoms with Crippen molar-refractivity contribution in [2.24, 2.45) is 0 Å². The smallest absolute Gasteiger partial charge is 0.119 e. The van der Waals surface area contributed by atoms with E-state index in [0.717, 1.165) is 36.5 Å². The van der Waals surface area contributed by atoms with E-state index in [-0.39, 0.29) is 0 Å². The summed E-state index contributed by atoms with van der Waals surface area (Å²) in [6.45, 7) is 0.765. The SMILES string of the molecule is C(=Cc1ccccn1)c1ccc(OCCCCCCc2cccc3c2[nH]c2ccccc23)cc1. The van der Waals surface area contributed by atoms with Crippen LogP contribution in [-0.2, 0) is 6.42 Å². The zero-order valence-corrected chi connectivity index (χ0v) is 19.4. The third-order valence-corrected chi connectivity index (χ3v) is 6.25. The highest BCUT2D eigenvalue weighted by molar-refractivity contribution is 6.08. The van der Waals surface area contributed by atoms with Crippen LogP contribution >= 0.6 is 0 Å². The molecule has 0 bridgehead atoms. The predicted octanol–water partition coefficient (Wildman–Crippen LogP) is 8.07. The van der Waals surface area contributed by atoms with Crippen molar-refractivity contribution in [2.75, 3.05) is 6.61 Å². The third-order valence-electron chi connectivity index (χ3n) is 6.25. The Labute approximate surface area is 201 Å². The molecule has 2 heterocycles. The molecule has 5 aromatic rings. The van der Waals surface area contributed by atoms with Gasteiger partial charge in [0.15, 0.2) is 0 Å². The van der Waals surface area contributed by atoms with Gasteiger partial charge < -0.3 is 9.72 Å². The molecule has 0 saturated heterocycles. The quantitative estimate of drug-likeness (QED) is 0.220. The molecule has 0 amide bonds. The fraction of sp³-hybridized carbons (Fsp3) is 0.194. The van der Waals surface area contributed by atoms with Gasteiger partial charge >= 0.3 is 0 Å². The number of H-pyrrole nitrogens is 1. The van der Waals surface area contributed by atoms with Crippen molar-refractivity contribution < 1.29 is 4.74 Å². The van der Waals surface area contributed by atoms with Crippen molar-refractivity contribution in [3.63, 3.8) is 0 Å². The number of aromatic amines is 1. The van der Waals surface area contributed by atoms with Crippen molar-refractivity contribution in [3.05, 3.63) is 108 Å². The molecule has 0 fully saturated rings. The molecule has 1 N–H and O–H groups in total. The van der Waals surface area contributed by atoms with Gasteiger partial charge in [-0.05, 0) is 66.8 Å². The molecule has 0 aliphatic carbocycles. The number of unbranched alkanes of at least 4 members (excludes halogenated alkanes) is 3. The van der Waals surface area contributed by atoms with Crippen LogP contribution in [0, 0.1) is 0 Å². The minimum atomic E-state index is 0.765. The first-order valence-corrected chi connectivity index (χ1v) is 12.2. The summed E-state index contributed by atoms with van der Waals surface area (Å²) in [7, 11) is 0. The van der Waals surface area contributed by atoms with Crippen LogP contribution in [0.5, 0.6) is 5.75 Å². The lowest BCUT2D eigenvalue weighted by Gasteiger charge is -2.07. The van der Waals surface area contributed by atoms with E-state index in [2.05, 4.69) is 70.6 Å². The third kappa shape index (κ3) is 5.37. The summed E-state index contributed by atoms with van der Waals surface area (Å²) in [5, 5.41) is 2.65. The first-order valence-electron chi connectivity index (χ1n) is 12.2. The number of hydrogen-bond donors (Lipinski definition) is 1. The van der Waals surface area contributed by atoms with E-state index in [1.807, 2.05) is 36.4 Å². The molecule has 0 aliphatic heterocycles. The molecule has 0 radical (unpaired) electrons. The summed E-state index contributed by atoms with van der Waals surface area (Å²) in [6, 6.07) is 29.4. The normalized spacial score (nSPS) is 11.5. The number of nitrogens with one attached hydrogen (secondary N) is 1. The Kier molecular flexibility index (Phi) is 7.01. The molecule has 3 aromatic carbocycles. The van der Waals surface area contributed by atoms with E-state index >= 15 is 0 Å². The summed E-state index contributed by atoms with van der Waals surface area (Å²) in [6.07, 6.45) is 11.7. The maximum atomic E-state index is 5.94. The minimum absolute atomic E-state index is 0.765. The Hall–Kier alpha value is -3.85. The number of pyridine rings is 1. The summed E-state index contributed by atoms with van der Waals surface area (Å²) in [4.78, 5) is 7.93. The lowest BCUT2D eigenvalue weighted by atomic mass is 10.0. The van der Waals surface area contributed by atoms with Gasteiger partial charge in [0.25, 0.3) is 0 Å². The Morgan fingerprint density at radius 2 is 1.53 bits per heavy atom. The number of aromatic nitrogens is 2. The standard InChI is InChI=1S/C31H30N2O/c1(3-10-25-11-9-14-29-28-13-4-5-15-30(28)33-31(25)29)2-8-23-34-27-20-17-24(18-21-27)16-19-26-12-6-7-22-32-26/h4-7,9,11-22,33H,1-3,8,10,23H2. The van der Waals surface area contributed by atoms with Crippen molar-refractivity contribution >= 4 is 34.0 Å².